The number of aromatic nitrogens is 2. The molecule has 0 unspecified atom stereocenters. The van der Waals surface area contributed by atoms with Crippen molar-refractivity contribution in [1.29, 1.82) is 0 Å². The molecule has 0 spiro atoms. The van der Waals surface area contributed by atoms with Gasteiger partial charge in [-0.3, -0.25) is 4.79 Å². The second-order valence-corrected chi connectivity index (χ2v) is 10.0. The Morgan fingerprint density at radius 2 is 1.84 bits per heavy atom. The predicted octanol–water partition coefficient (Wildman–Crippen LogP) is 4.60. The average Bonchev–Trinajstić information content (AvgIpc) is 2.79. The number of carbonyl (C=O) groups excluding carboxylic acids is 1. The number of aryl methyl sites for hydroxylation is 3. The summed E-state index contributed by atoms with van der Waals surface area (Å²) in [5.74, 6) is 2.17. The van der Waals surface area contributed by atoms with E-state index in [-0.39, 0.29) is 11.2 Å². The van der Waals surface area contributed by atoms with Gasteiger partial charge in [-0.1, -0.05) is 25.6 Å². The minimum absolute atomic E-state index is 0.130. The van der Waals surface area contributed by atoms with Crippen molar-refractivity contribution in [3.8, 4) is 0 Å². The van der Waals surface area contributed by atoms with Gasteiger partial charge in [-0.15, -0.1) is 11.3 Å². The van der Waals surface area contributed by atoms with Crippen molar-refractivity contribution in [3.05, 3.63) is 16.3 Å². The Balaban J connectivity index is 1.84. The smallest absolute Gasteiger partial charge is 0.235 e. The average molecular weight is 378 g/mol. The number of carbonyl (C=O) groups is 1. The van der Waals surface area contributed by atoms with Crippen molar-refractivity contribution in [3.63, 3.8) is 0 Å². The van der Waals surface area contributed by atoms with Crippen LogP contribution in [0.5, 0.6) is 0 Å². The Morgan fingerprint density at radius 3 is 2.48 bits per heavy atom. The molecule has 3 heterocycles. The predicted molar refractivity (Wildman–Crippen MR) is 106 cm³/mol. The molecule has 4 nitrogen and oxygen atoms in total. The van der Waals surface area contributed by atoms with Crippen LogP contribution < -0.4 is 0 Å². The molecule has 2 aromatic rings. The highest BCUT2D eigenvalue weighted by Gasteiger charge is 2.29. The Hall–Kier alpha value is -1.14. The summed E-state index contributed by atoms with van der Waals surface area (Å²) < 4.78 is 0. The summed E-state index contributed by atoms with van der Waals surface area (Å²) in [6.07, 6.45) is 1.21. The topological polar surface area (TPSA) is 46.1 Å². The first-order valence-electron chi connectivity index (χ1n) is 8.96. The zero-order valence-electron chi connectivity index (χ0n) is 15.9. The zero-order chi connectivity index (χ0) is 18.3. The van der Waals surface area contributed by atoms with Gasteiger partial charge in [-0.2, -0.15) is 0 Å². The normalized spacial score (nSPS) is 22.4. The third-order valence-electron chi connectivity index (χ3n) is 4.92. The third-order valence-corrected chi connectivity index (χ3v) is 7.10. The molecule has 0 saturated carbocycles. The van der Waals surface area contributed by atoms with E-state index in [0.29, 0.717) is 11.8 Å². The fourth-order valence-electron chi connectivity index (χ4n) is 3.72. The molecule has 3 rings (SSSR count). The molecule has 0 bridgehead atoms. The number of nitrogens with zero attached hydrogens (tertiary/aromatic N) is 3. The quantitative estimate of drug-likeness (QED) is 0.579. The molecule has 3 atom stereocenters. The number of rotatable bonds is 3. The second kappa shape index (κ2) is 7.23. The van der Waals surface area contributed by atoms with Crippen LogP contribution in [0.15, 0.2) is 5.03 Å². The number of piperidine rings is 1. The molecule has 2 aromatic heterocycles. The molecule has 1 aliphatic heterocycles. The number of thioether (sulfide) groups is 1. The van der Waals surface area contributed by atoms with E-state index in [0.717, 1.165) is 34.2 Å². The summed E-state index contributed by atoms with van der Waals surface area (Å²) in [6.45, 7) is 14.4. The molecule has 1 fully saturated rings. The first-order valence-corrected chi connectivity index (χ1v) is 10.7. The summed E-state index contributed by atoms with van der Waals surface area (Å²) in [5, 5.41) is 1.94. The van der Waals surface area contributed by atoms with Gasteiger partial charge < -0.3 is 4.90 Å². The molecule has 0 aliphatic carbocycles. The zero-order valence-corrected chi connectivity index (χ0v) is 17.6. The maximum atomic E-state index is 13.0. The van der Waals surface area contributed by atoms with E-state index < -0.39 is 0 Å². The maximum Gasteiger partial charge on any atom is 0.235 e. The van der Waals surface area contributed by atoms with Gasteiger partial charge in [0.1, 0.15) is 15.7 Å². The summed E-state index contributed by atoms with van der Waals surface area (Å²) in [6, 6.07) is 0. The SMILES string of the molecule is Cc1nc(S[C@H](C)C(=O)N2C[C@H](C)C[C@H](C)C2)c2c(C)c(C)sc2n1. The van der Waals surface area contributed by atoms with Gasteiger partial charge in [0.2, 0.25) is 5.91 Å². The Morgan fingerprint density at radius 1 is 1.20 bits per heavy atom. The monoisotopic (exact) mass is 377 g/mol. The second-order valence-electron chi connectivity index (χ2n) is 7.49. The molecule has 136 valence electrons. The molecule has 0 N–H and O–H groups in total. The van der Waals surface area contributed by atoms with Crippen LogP contribution in [-0.2, 0) is 4.79 Å². The van der Waals surface area contributed by atoms with Crippen LogP contribution >= 0.6 is 23.1 Å². The highest BCUT2D eigenvalue weighted by molar-refractivity contribution is 8.00. The molecule has 1 aliphatic rings. The van der Waals surface area contributed by atoms with E-state index >= 15 is 0 Å². The molecule has 1 saturated heterocycles. The summed E-state index contributed by atoms with van der Waals surface area (Å²) >= 11 is 3.29. The molecule has 0 radical (unpaired) electrons. The number of likely N-dealkylation sites (tertiary alicyclic amines) is 1. The maximum absolute atomic E-state index is 13.0. The van der Waals surface area contributed by atoms with Crippen molar-refractivity contribution in [2.75, 3.05) is 13.1 Å². The fourth-order valence-corrected chi connectivity index (χ4v) is 5.99. The molecule has 0 aromatic carbocycles. The van der Waals surface area contributed by atoms with Gasteiger partial charge >= 0.3 is 0 Å². The summed E-state index contributed by atoms with van der Waals surface area (Å²) in [7, 11) is 0. The van der Waals surface area contributed by atoms with Crippen LogP contribution in [0.3, 0.4) is 0 Å². The summed E-state index contributed by atoms with van der Waals surface area (Å²) in [4.78, 5) is 26.6. The van der Waals surface area contributed by atoms with Gasteiger partial charge in [-0.05, 0) is 51.5 Å². The van der Waals surface area contributed by atoms with Gasteiger partial charge in [0, 0.05) is 23.4 Å². The highest BCUT2D eigenvalue weighted by Crippen LogP contribution is 2.37. The van der Waals surface area contributed by atoms with Crippen molar-refractivity contribution in [1.82, 2.24) is 14.9 Å². The van der Waals surface area contributed by atoms with Crippen molar-refractivity contribution in [2.45, 2.75) is 58.2 Å². The minimum Gasteiger partial charge on any atom is -0.341 e. The van der Waals surface area contributed by atoms with Crippen LogP contribution in [0.25, 0.3) is 10.2 Å². The molecular formula is C19H27N3OS2. The van der Waals surface area contributed by atoms with Crippen LogP contribution in [0.2, 0.25) is 0 Å². The standard InChI is InChI=1S/C19H27N3OS2/c1-10-7-11(2)9-22(8-10)19(23)14(5)25-18-16-12(3)13(4)24-17(16)20-15(6)21-18/h10-11,14H,7-9H2,1-6H3/t10-,11+,14-/m1/s1. The first-order chi connectivity index (χ1) is 11.8. The summed E-state index contributed by atoms with van der Waals surface area (Å²) in [5.41, 5.74) is 1.24. The van der Waals surface area contributed by atoms with E-state index in [1.54, 1.807) is 23.1 Å². The lowest BCUT2D eigenvalue weighted by atomic mass is 9.92. The lowest BCUT2D eigenvalue weighted by Crippen LogP contribution is -2.45. The Bertz CT molecular complexity index is 792. The molecule has 1 amide bonds. The lowest BCUT2D eigenvalue weighted by Gasteiger charge is -2.36. The molecular weight excluding hydrogens is 350 g/mol. The van der Waals surface area contributed by atoms with Crippen LogP contribution in [0.1, 0.15) is 43.5 Å². The largest absolute Gasteiger partial charge is 0.341 e. The van der Waals surface area contributed by atoms with E-state index in [2.05, 4.69) is 37.7 Å². The van der Waals surface area contributed by atoms with Crippen molar-refractivity contribution < 1.29 is 4.79 Å². The van der Waals surface area contributed by atoms with Crippen molar-refractivity contribution >= 4 is 39.2 Å². The first kappa shape index (κ1) is 18.6. The number of hydrogen-bond donors (Lipinski definition) is 0. The number of thiophene rings is 1. The van der Waals surface area contributed by atoms with Crippen LogP contribution in [-0.4, -0.2) is 39.1 Å². The van der Waals surface area contributed by atoms with Crippen molar-refractivity contribution in [2.24, 2.45) is 11.8 Å². The van der Waals surface area contributed by atoms with Gasteiger partial charge in [0.15, 0.2) is 0 Å². The number of hydrogen-bond acceptors (Lipinski definition) is 5. The van der Waals surface area contributed by atoms with Crippen LogP contribution in [0, 0.1) is 32.6 Å². The Labute approximate surface area is 158 Å². The van der Waals surface area contributed by atoms with Crippen LogP contribution in [0.4, 0.5) is 0 Å². The fraction of sp³-hybridized carbons (Fsp3) is 0.632. The van der Waals surface area contributed by atoms with Gasteiger partial charge in [-0.25, -0.2) is 9.97 Å². The molecule has 25 heavy (non-hydrogen) atoms. The van der Waals surface area contributed by atoms with E-state index in [1.807, 2.05) is 18.7 Å². The Kier molecular flexibility index (Phi) is 5.40. The van der Waals surface area contributed by atoms with Gasteiger partial charge in [0.25, 0.3) is 0 Å². The number of amides is 1. The number of fused-ring (bicyclic) bond motifs is 1. The third kappa shape index (κ3) is 3.85. The van der Waals surface area contributed by atoms with E-state index in [4.69, 9.17) is 0 Å². The van der Waals surface area contributed by atoms with E-state index in [9.17, 15) is 4.79 Å². The van der Waals surface area contributed by atoms with Gasteiger partial charge in [0.05, 0.1) is 5.25 Å². The van der Waals surface area contributed by atoms with E-state index in [1.165, 1.54) is 16.9 Å². The lowest BCUT2D eigenvalue weighted by molar-refractivity contribution is -0.132. The minimum atomic E-state index is -0.130. The highest BCUT2D eigenvalue weighted by atomic mass is 32.2. The molecule has 6 heteroatoms.